The molecule has 0 saturated carbocycles. The van der Waals surface area contributed by atoms with Crippen molar-refractivity contribution < 1.29 is 28.7 Å². The van der Waals surface area contributed by atoms with Gasteiger partial charge in [-0.15, -0.1) is 11.3 Å². The van der Waals surface area contributed by atoms with Gasteiger partial charge in [-0.3, -0.25) is 14.4 Å². The third-order valence-corrected chi connectivity index (χ3v) is 6.12. The molecule has 0 aromatic carbocycles. The third kappa shape index (κ3) is 5.60. The summed E-state index contributed by atoms with van der Waals surface area (Å²) in [6.45, 7) is 6.42. The van der Waals surface area contributed by atoms with Gasteiger partial charge in [0.1, 0.15) is 5.69 Å². The van der Waals surface area contributed by atoms with Crippen LogP contribution in [0.2, 0.25) is 0 Å². The van der Waals surface area contributed by atoms with Crippen LogP contribution in [0, 0.1) is 0 Å². The van der Waals surface area contributed by atoms with Gasteiger partial charge < -0.3 is 24.6 Å². The van der Waals surface area contributed by atoms with Gasteiger partial charge in [-0.25, -0.2) is 9.78 Å². The molecule has 1 unspecified atom stereocenters. The normalized spacial score (nSPS) is 17.8. The van der Waals surface area contributed by atoms with Crippen LogP contribution in [0.5, 0.6) is 0 Å². The predicted molar refractivity (Wildman–Crippen MR) is 107 cm³/mol. The van der Waals surface area contributed by atoms with E-state index in [4.69, 9.17) is 9.47 Å². The number of anilines is 1. The molecule has 2 aliphatic rings. The number of esters is 1. The molecule has 10 nitrogen and oxygen atoms in total. The lowest BCUT2D eigenvalue weighted by Gasteiger charge is -2.39. The van der Waals surface area contributed by atoms with Crippen molar-refractivity contribution in [3.05, 3.63) is 11.1 Å². The van der Waals surface area contributed by atoms with Crippen molar-refractivity contribution in [3.8, 4) is 0 Å². The highest BCUT2D eigenvalue weighted by Gasteiger charge is 2.35. The largest absolute Gasteiger partial charge is 0.426 e. The molecule has 2 fully saturated rings. The summed E-state index contributed by atoms with van der Waals surface area (Å²) in [5.74, 6) is -0.734. The van der Waals surface area contributed by atoms with E-state index in [-0.39, 0.29) is 22.3 Å². The number of hydrogen-bond acceptors (Lipinski definition) is 10. The number of alkyl carbamates (subject to hydrolysis) is 1. The number of rotatable bonds is 6. The Hall–Kier alpha value is -2.34. The molecule has 0 aliphatic carbocycles. The molecule has 1 N–H and O–H groups in total. The number of amides is 2. The monoisotopic (exact) mass is 442 g/mol. The maximum Gasteiger partial charge on any atom is 0.410 e. The molecule has 3 heterocycles. The highest BCUT2D eigenvalue weighted by atomic mass is 32.2. The van der Waals surface area contributed by atoms with E-state index in [0.717, 1.165) is 18.2 Å². The van der Waals surface area contributed by atoms with Crippen LogP contribution in [0.25, 0.3) is 0 Å². The zero-order valence-electron chi connectivity index (χ0n) is 16.2. The lowest BCUT2D eigenvalue weighted by Crippen LogP contribution is -2.61. The van der Waals surface area contributed by atoms with Crippen LogP contribution in [0.3, 0.4) is 0 Å². The van der Waals surface area contributed by atoms with Gasteiger partial charge in [0.2, 0.25) is 6.29 Å². The summed E-state index contributed by atoms with van der Waals surface area (Å²) in [6.07, 6.45) is -1.68. The van der Waals surface area contributed by atoms with Crippen LogP contribution in [-0.2, 0) is 19.1 Å². The molecule has 29 heavy (non-hydrogen) atoms. The van der Waals surface area contributed by atoms with Gasteiger partial charge in [0.15, 0.2) is 10.2 Å². The lowest BCUT2D eigenvalue weighted by molar-refractivity contribution is -0.162. The summed E-state index contributed by atoms with van der Waals surface area (Å²) in [5, 5.41) is 5.49. The maximum absolute atomic E-state index is 12.5. The van der Waals surface area contributed by atoms with Crippen molar-refractivity contribution >= 4 is 51.3 Å². The Balaban J connectivity index is 1.40. The summed E-state index contributed by atoms with van der Waals surface area (Å²) in [4.78, 5) is 54.2. The first-order chi connectivity index (χ1) is 13.7. The Morgan fingerprint density at radius 2 is 1.90 bits per heavy atom. The minimum Gasteiger partial charge on any atom is -0.426 e. The van der Waals surface area contributed by atoms with E-state index in [0.29, 0.717) is 18.8 Å². The van der Waals surface area contributed by atoms with Gasteiger partial charge in [-0.05, 0) is 0 Å². The van der Waals surface area contributed by atoms with Crippen LogP contribution >= 0.6 is 23.1 Å². The zero-order valence-corrected chi connectivity index (χ0v) is 17.9. The highest BCUT2D eigenvalue weighted by molar-refractivity contribution is 8.14. The third-order valence-electron chi connectivity index (χ3n) is 4.26. The van der Waals surface area contributed by atoms with E-state index in [1.165, 1.54) is 36.9 Å². The van der Waals surface area contributed by atoms with E-state index in [1.807, 2.05) is 4.90 Å². The molecule has 0 radical (unpaired) electrons. The SMILES string of the molecule is CC(=O)OC(C)OC(=O)NC1CN(C(=O)c2csc(N3CC(SC(C)=O)C3)n2)C1. The Kier molecular flexibility index (Phi) is 6.63. The standard InChI is InChI=1S/C17H22N4O6S2/c1-9(22)26-11(3)27-17(25)18-12-4-20(5-12)15(24)14-8-28-16(19-14)21-6-13(7-21)29-10(2)23/h8,11-13H,4-7H2,1-3H3,(H,18,25). The van der Waals surface area contributed by atoms with Gasteiger partial charge in [0.25, 0.3) is 5.91 Å². The molecular formula is C17H22N4O6S2. The quantitative estimate of drug-likeness (QED) is 0.510. The first kappa shape index (κ1) is 21.4. The van der Waals surface area contributed by atoms with Crippen LogP contribution in [0.1, 0.15) is 31.3 Å². The fourth-order valence-electron chi connectivity index (χ4n) is 2.92. The Labute approximate surface area is 175 Å². The van der Waals surface area contributed by atoms with Crippen molar-refractivity contribution in [2.75, 3.05) is 31.1 Å². The molecule has 2 saturated heterocycles. The molecule has 0 spiro atoms. The number of ether oxygens (including phenoxy) is 2. The van der Waals surface area contributed by atoms with Crippen LogP contribution in [-0.4, -0.2) is 76.7 Å². The summed E-state index contributed by atoms with van der Waals surface area (Å²) in [7, 11) is 0. The van der Waals surface area contributed by atoms with Gasteiger partial charge in [0, 0.05) is 57.6 Å². The van der Waals surface area contributed by atoms with Gasteiger partial charge in [-0.1, -0.05) is 11.8 Å². The summed E-state index contributed by atoms with van der Waals surface area (Å²) < 4.78 is 9.61. The van der Waals surface area contributed by atoms with Crippen molar-refractivity contribution in [1.29, 1.82) is 0 Å². The summed E-state index contributed by atoms with van der Waals surface area (Å²) in [6, 6.07) is -0.228. The van der Waals surface area contributed by atoms with E-state index in [9.17, 15) is 19.2 Å². The fourth-order valence-corrected chi connectivity index (χ4v) is 4.72. The van der Waals surface area contributed by atoms with Crippen LogP contribution in [0.4, 0.5) is 9.93 Å². The van der Waals surface area contributed by atoms with Gasteiger partial charge in [0.05, 0.1) is 6.04 Å². The molecule has 1 aromatic rings. The lowest BCUT2D eigenvalue weighted by atomic mass is 10.1. The minimum atomic E-state index is -0.978. The molecule has 0 bridgehead atoms. The highest BCUT2D eigenvalue weighted by Crippen LogP contribution is 2.31. The Morgan fingerprint density at radius 1 is 1.21 bits per heavy atom. The summed E-state index contributed by atoms with van der Waals surface area (Å²) >= 11 is 2.73. The topological polar surface area (TPSA) is 118 Å². The number of nitrogens with zero attached hydrogens (tertiary/aromatic N) is 3. The summed E-state index contributed by atoms with van der Waals surface area (Å²) in [5.41, 5.74) is 0.372. The molecule has 2 aliphatic heterocycles. The maximum atomic E-state index is 12.5. The average Bonchev–Trinajstić information content (AvgIpc) is 3.01. The number of hydrogen-bond donors (Lipinski definition) is 1. The van der Waals surface area contributed by atoms with Crippen molar-refractivity contribution in [1.82, 2.24) is 15.2 Å². The first-order valence-corrected chi connectivity index (χ1v) is 10.8. The second kappa shape index (κ2) is 8.99. The van der Waals surface area contributed by atoms with Crippen LogP contribution < -0.4 is 10.2 Å². The van der Waals surface area contributed by atoms with Crippen LogP contribution in [0.15, 0.2) is 5.38 Å². The zero-order chi connectivity index (χ0) is 21.1. The number of aromatic nitrogens is 1. The van der Waals surface area contributed by atoms with Crippen molar-refractivity contribution in [2.24, 2.45) is 0 Å². The molecular weight excluding hydrogens is 420 g/mol. The van der Waals surface area contributed by atoms with Crippen molar-refractivity contribution in [2.45, 2.75) is 38.4 Å². The van der Waals surface area contributed by atoms with E-state index in [2.05, 4.69) is 10.3 Å². The second-order valence-corrected chi connectivity index (χ2v) is 9.10. The Morgan fingerprint density at radius 3 is 2.52 bits per heavy atom. The molecule has 1 atom stereocenters. The second-order valence-electron chi connectivity index (χ2n) is 6.79. The number of thioether (sulfide) groups is 1. The molecule has 12 heteroatoms. The Bertz CT molecular complexity index is 804. The predicted octanol–water partition coefficient (Wildman–Crippen LogP) is 1.07. The minimum absolute atomic E-state index is 0.107. The molecule has 1 aromatic heterocycles. The average molecular weight is 443 g/mol. The molecule has 158 valence electrons. The first-order valence-electron chi connectivity index (χ1n) is 9.02. The van der Waals surface area contributed by atoms with Crippen molar-refractivity contribution in [3.63, 3.8) is 0 Å². The van der Waals surface area contributed by atoms with E-state index >= 15 is 0 Å². The smallest absolute Gasteiger partial charge is 0.410 e. The number of likely N-dealkylation sites (tertiary alicyclic amines) is 1. The molecule has 3 rings (SSSR count). The van der Waals surface area contributed by atoms with Gasteiger partial charge in [-0.2, -0.15) is 0 Å². The van der Waals surface area contributed by atoms with E-state index < -0.39 is 18.4 Å². The van der Waals surface area contributed by atoms with E-state index in [1.54, 1.807) is 17.2 Å². The number of carbonyl (C=O) groups is 4. The number of thiazole rings is 1. The van der Waals surface area contributed by atoms with Gasteiger partial charge >= 0.3 is 12.1 Å². The number of carbonyl (C=O) groups excluding carboxylic acids is 4. The number of nitrogens with one attached hydrogen (secondary N) is 1. The molecule has 2 amide bonds. The fraction of sp³-hybridized carbons (Fsp3) is 0.588.